The standard InChI is InChI=1S/C10H12N2O/c1-13-9-4-2-3-7-5-6-8(12-11)10(7)9/h2-4H,5-6,11H2,1H3. The SMILES string of the molecule is COc1cccc2c1C(=NN)CC2. The monoisotopic (exact) mass is 176 g/mol. The average Bonchev–Trinajstić information content (AvgIpc) is 2.60. The lowest BCUT2D eigenvalue weighted by atomic mass is 10.1. The van der Waals surface area contributed by atoms with Crippen molar-refractivity contribution in [2.75, 3.05) is 7.11 Å². The lowest BCUT2D eigenvalue weighted by molar-refractivity contribution is 0.414. The Morgan fingerprint density at radius 2 is 2.23 bits per heavy atom. The first-order valence-corrected chi connectivity index (χ1v) is 4.30. The van der Waals surface area contributed by atoms with Crippen LogP contribution in [0.2, 0.25) is 0 Å². The van der Waals surface area contributed by atoms with Gasteiger partial charge in [0, 0.05) is 5.56 Å². The summed E-state index contributed by atoms with van der Waals surface area (Å²) < 4.78 is 5.25. The van der Waals surface area contributed by atoms with Crippen molar-refractivity contribution in [1.29, 1.82) is 0 Å². The molecule has 3 heteroatoms. The number of hydrogen-bond acceptors (Lipinski definition) is 3. The predicted molar refractivity (Wildman–Crippen MR) is 52.0 cm³/mol. The van der Waals surface area contributed by atoms with E-state index in [1.54, 1.807) is 7.11 Å². The Balaban J connectivity index is 2.59. The fraction of sp³-hybridized carbons (Fsp3) is 0.300. The maximum absolute atomic E-state index is 5.30. The van der Waals surface area contributed by atoms with Crippen LogP contribution in [0.1, 0.15) is 17.5 Å². The van der Waals surface area contributed by atoms with Gasteiger partial charge in [-0.2, -0.15) is 5.10 Å². The summed E-state index contributed by atoms with van der Waals surface area (Å²) in [7, 11) is 1.67. The summed E-state index contributed by atoms with van der Waals surface area (Å²) in [4.78, 5) is 0. The van der Waals surface area contributed by atoms with E-state index in [4.69, 9.17) is 10.6 Å². The smallest absolute Gasteiger partial charge is 0.128 e. The number of rotatable bonds is 1. The molecule has 68 valence electrons. The molecule has 1 aliphatic rings. The quantitative estimate of drug-likeness (QED) is 0.518. The van der Waals surface area contributed by atoms with E-state index in [2.05, 4.69) is 11.2 Å². The van der Waals surface area contributed by atoms with Gasteiger partial charge in [-0.15, -0.1) is 0 Å². The van der Waals surface area contributed by atoms with Gasteiger partial charge < -0.3 is 10.6 Å². The average molecular weight is 176 g/mol. The summed E-state index contributed by atoms with van der Waals surface area (Å²) in [5.74, 6) is 6.18. The molecule has 1 aliphatic carbocycles. The van der Waals surface area contributed by atoms with Crippen LogP contribution in [-0.2, 0) is 6.42 Å². The second-order valence-electron chi connectivity index (χ2n) is 3.07. The molecule has 0 heterocycles. The summed E-state index contributed by atoms with van der Waals surface area (Å²) >= 11 is 0. The fourth-order valence-corrected chi connectivity index (χ4v) is 1.79. The zero-order valence-corrected chi connectivity index (χ0v) is 7.58. The Hall–Kier alpha value is -1.51. The van der Waals surface area contributed by atoms with E-state index >= 15 is 0 Å². The Labute approximate surface area is 77.2 Å². The van der Waals surface area contributed by atoms with E-state index in [1.165, 1.54) is 5.56 Å². The van der Waals surface area contributed by atoms with E-state index in [0.29, 0.717) is 0 Å². The van der Waals surface area contributed by atoms with Crippen LogP contribution < -0.4 is 10.6 Å². The Bertz CT molecular complexity index is 358. The highest BCUT2D eigenvalue weighted by Crippen LogP contribution is 2.30. The van der Waals surface area contributed by atoms with Crippen LogP contribution >= 0.6 is 0 Å². The first-order valence-electron chi connectivity index (χ1n) is 4.30. The van der Waals surface area contributed by atoms with Gasteiger partial charge >= 0.3 is 0 Å². The molecule has 0 bridgehead atoms. The highest BCUT2D eigenvalue weighted by atomic mass is 16.5. The Morgan fingerprint density at radius 1 is 1.38 bits per heavy atom. The van der Waals surface area contributed by atoms with Gasteiger partial charge in [-0.05, 0) is 24.5 Å². The van der Waals surface area contributed by atoms with Crippen LogP contribution in [0.25, 0.3) is 0 Å². The van der Waals surface area contributed by atoms with E-state index in [1.807, 2.05) is 12.1 Å². The lowest BCUT2D eigenvalue weighted by Gasteiger charge is -2.06. The minimum atomic E-state index is 0.874. The molecular weight excluding hydrogens is 164 g/mol. The van der Waals surface area contributed by atoms with Crippen molar-refractivity contribution >= 4 is 5.71 Å². The second kappa shape index (κ2) is 3.09. The Kier molecular flexibility index (Phi) is 1.93. The number of methoxy groups -OCH3 is 1. The van der Waals surface area contributed by atoms with Crippen molar-refractivity contribution in [1.82, 2.24) is 0 Å². The number of aryl methyl sites for hydroxylation is 1. The maximum Gasteiger partial charge on any atom is 0.128 e. The van der Waals surface area contributed by atoms with Crippen molar-refractivity contribution in [2.45, 2.75) is 12.8 Å². The number of nitrogens with zero attached hydrogens (tertiary/aromatic N) is 1. The fourth-order valence-electron chi connectivity index (χ4n) is 1.79. The van der Waals surface area contributed by atoms with E-state index in [0.717, 1.165) is 29.9 Å². The van der Waals surface area contributed by atoms with Gasteiger partial charge in [0.2, 0.25) is 0 Å². The van der Waals surface area contributed by atoms with Crippen LogP contribution in [0.5, 0.6) is 5.75 Å². The number of benzene rings is 1. The van der Waals surface area contributed by atoms with Crippen LogP contribution in [0.4, 0.5) is 0 Å². The molecule has 2 rings (SSSR count). The van der Waals surface area contributed by atoms with Gasteiger partial charge in [0.25, 0.3) is 0 Å². The number of nitrogens with two attached hydrogens (primary N) is 1. The molecule has 2 N–H and O–H groups in total. The molecular formula is C10H12N2O. The molecule has 0 aliphatic heterocycles. The normalized spacial score (nSPS) is 17.5. The zero-order chi connectivity index (χ0) is 9.26. The maximum atomic E-state index is 5.30. The minimum Gasteiger partial charge on any atom is -0.496 e. The Morgan fingerprint density at radius 3 is 2.92 bits per heavy atom. The topological polar surface area (TPSA) is 47.6 Å². The molecule has 0 spiro atoms. The number of fused-ring (bicyclic) bond motifs is 1. The third kappa shape index (κ3) is 1.16. The highest BCUT2D eigenvalue weighted by Gasteiger charge is 2.21. The van der Waals surface area contributed by atoms with Crippen LogP contribution in [0.3, 0.4) is 0 Å². The molecule has 0 amide bonds. The molecule has 0 saturated heterocycles. The van der Waals surface area contributed by atoms with Gasteiger partial charge in [0.1, 0.15) is 5.75 Å². The highest BCUT2D eigenvalue weighted by molar-refractivity contribution is 6.06. The van der Waals surface area contributed by atoms with Crippen LogP contribution in [-0.4, -0.2) is 12.8 Å². The predicted octanol–water partition coefficient (Wildman–Crippen LogP) is 1.30. The molecule has 1 aromatic carbocycles. The summed E-state index contributed by atoms with van der Waals surface area (Å²) in [5, 5.41) is 3.77. The number of hydrogen-bond donors (Lipinski definition) is 1. The van der Waals surface area contributed by atoms with Gasteiger partial charge in [0.05, 0.1) is 12.8 Å². The van der Waals surface area contributed by atoms with Gasteiger partial charge in [-0.1, -0.05) is 12.1 Å². The minimum absolute atomic E-state index is 0.874. The van der Waals surface area contributed by atoms with Crippen molar-refractivity contribution < 1.29 is 4.74 Å². The van der Waals surface area contributed by atoms with Gasteiger partial charge in [-0.25, -0.2) is 0 Å². The molecule has 0 radical (unpaired) electrons. The molecule has 0 fully saturated rings. The van der Waals surface area contributed by atoms with Crippen molar-refractivity contribution in [3.63, 3.8) is 0 Å². The van der Waals surface area contributed by atoms with Crippen LogP contribution in [0.15, 0.2) is 23.3 Å². The molecule has 0 saturated carbocycles. The first kappa shape index (κ1) is 8.10. The second-order valence-corrected chi connectivity index (χ2v) is 3.07. The van der Waals surface area contributed by atoms with Crippen molar-refractivity contribution in [3.05, 3.63) is 29.3 Å². The summed E-state index contributed by atoms with van der Waals surface area (Å²) in [5.41, 5.74) is 3.32. The molecule has 1 aromatic rings. The molecule has 3 nitrogen and oxygen atoms in total. The largest absolute Gasteiger partial charge is 0.496 e. The molecule has 0 unspecified atom stereocenters. The molecule has 0 atom stereocenters. The van der Waals surface area contributed by atoms with E-state index < -0.39 is 0 Å². The van der Waals surface area contributed by atoms with Gasteiger partial charge in [0.15, 0.2) is 0 Å². The van der Waals surface area contributed by atoms with E-state index in [9.17, 15) is 0 Å². The van der Waals surface area contributed by atoms with Crippen molar-refractivity contribution in [2.24, 2.45) is 10.9 Å². The third-order valence-electron chi connectivity index (χ3n) is 2.41. The van der Waals surface area contributed by atoms with Gasteiger partial charge in [-0.3, -0.25) is 0 Å². The third-order valence-corrected chi connectivity index (χ3v) is 2.41. The summed E-state index contributed by atoms with van der Waals surface area (Å²) in [6.07, 6.45) is 1.94. The summed E-state index contributed by atoms with van der Waals surface area (Å²) in [6, 6.07) is 6.03. The number of hydrazone groups is 1. The number of ether oxygens (including phenoxy) is 1. The zero-order valence-electron chi connectivity index (χ0n) is 7.58. The summed E-state index contributed by atoms with van der Waals surface area (Å²) in [6.45, 7) is 0. The molecule has 13 heavy (non-hydrogen) atoms. The van der Waals surface area contributed by atoms with Crippen LogP contribution in [0, 0.1) is 0 Å². The lowest BCUT2D eigenvalue weighted by Crippen LogP contribution is -2.01. The molecule has 0 aromatic heterocycles. The first-order chi connectivity index (χ1) is 6.36. The van der Waals surface area contributed by atoms with Crippen molar-refractivity contribution in [3.8, 4) is 5.75 Å². The van der Waals surface area contributed by atoms with E-state index in [-0.39, 0.29) is 0 Å².